The van der Waals surface area contributed by atoms with Gasteiger partial charge >= 0.3 is 5.97 Å². The average molecular weight is 312 g/mol. The number of rotatable bonds is 8. The lowest BCUT2D eigenvalue weighted by atomic mass is 10.0. The smallest absolute Gasteiger partial charge is 0.303 e. The van der Waals surface area contributed by atoms with E-state index < -0.39 is 35.6 Å². The molecule has 0 aliphatic carbocycles. The van der Waals surface area contributed by atoms with Gasteiger partial charge in [0.1, 0.15) is 6.10 Å². The van der Waals surface area contributed by atoms with Gasteiger partial charge < -0.3 is 20.6 Å². The predicted octanol–water partition coefficient (Wildman–Crippen LogP) is -0.0299. The Bertz CT molecular complexity index is 544. The van der Waals surface area contributed by atoms with Crippen molar-refractivity contribution >= 4 is 17.6 Å². The molecule has 0 aliphatic rings. The number of nitro benzene ring substituents is 1. The Labute approximate surface area is 125 Å². The number of carboxylic acids is 1. The van der Waals surface area contributed by atoms with E-state index in [-0.39, 0.29) is 24.1 Å². The van der Waals surface area contributed by atoms with Crippen molar-refractivity contribution in [2.45, 2.75) is 25.0 Å². The van der Waals surface area contributed by atoms with Gasteiger partial charge in [-0.1, -0.05) is 0 Å². The lowest BCUT2D eigenvalue weighted by molar-refractivity contribution is -0.384. The van der Waals surface area contributed by atoms with Gasteiger partial charge in [0.05, 0.1) is 24.0 Å². The topological polar surface area (TPSA) is 150 Å². The first-order chi connectivity index (χ1) is 10.3. The fourth-order valence-electron chi connectivity index (χ4n) is 1.75. The third-order valence-corrected chi connectivity index (χ3v) is 2.94. The van der Waals surface area contributed by atoms with E-state index in [2.05, 4.69) is 5.32 Å². The van der Waals surface area contributed by atoms with Crippen molar-refractivity contribution in [3.05, 3.63) is 39.9 Å². The highest BCUT2D eigenvalue weighted by molar-refractivity contribution is 5.80. The standard InChI is InChI=1S/C13H16N2O7/c16-7-10(14-11(17)5-6-12(18)19)13(20)8-1-3-9(4-2-8)15(21)22/h1-4,10,13,16,20H,5-7H2,(H,14,17)(H,18,19)/t10-,13-/m0/s1. The number of aliphatic hydroxyl groups is 2. The monoisotopic (exact) mass is 312 g/mol. The number of non-ortho nitro benzene ring substituents is 1. The molecule has 1 aromatic carbocycles. The molecule has 1 amide bonds. The van der Waals surface area contributed by atoms with Crippen LogP contribution in [0, 0.1) is 10.1 Å². The lowest BCUT2D eigenvalue weighted by Crippen LogP contribution is -2.42. The molecule has 120 valence electrons. The summed E-state index contributed by atoms with van der Waals surface area (Å²) in [7, 11) is 0. The van der Waals surface area contributed by atoms with Crippen LogP contribution in [0.2, 0.25) is 0 Å². The van der Waals surface area contributed by atoms with Gasteiger partial charge in [-0.05, 0) is 17.7 Å². The van der Waals surface area contributed by atoms with Crippen LogP contribution in [-0.4, -0.2) is 44.8 Å². The summed E-state index contributed by atoms with van der Waals surface area (Å²) in [6, 6.07) is 3.98. The number of nitro groups is 1. The van der Waals surface area contributed by atoms with Crippen molar-refractivity contribution < 1.29 is 29.8 Å². The van der Waals surface area contributed by atoms with Crippen LogP contribution in [0.3, 0.4) is 0 Å². The van der Waals surface area contributed by atoms with Crippen LogP contribution in [0.1, 0.15) is 24.5 Å². The number of amides is 1. The minimum atomic E-state index is -1.28. The van der Waals surface area contributed by atoms with Crippen LogP contribution in [-0.2, 0) is 9.59 Å². The SMILES string of the molecule is O=C(O)CCC(=O)N[C@@H](CO)[C@@H](O)c1ccc([N+](=O)[O-])cc1. The first kappa shape index (κ1) is 17.5. The number of hydrogen-bond acceptors (Lipinski definition) is 6. The number of benzene rings is 1. The van der Waals surface area contributed by atoms with Gasteiger partial charge in [0.25, 0.3) is 5.69 Å². The predicted molar refractivity (Wildman–Crippen MR) is 73.9 cm³/mol. The minimum Gasteiger partial charge on any atom is -0.481 e. The molecular weight excluding hydrogens is 296 g/mol. The van der Waals surface area contributed by atoms with E-state index in [9.17, 15) is 29.9 Å². The zero-order valence-electron chi connectivity index (χ0n) is 11.5. The first-order valence-electron chi connectivity index (χ1n) is 6.39. The van der Waals surface area contributed by atoms with Crippen LogP contribution < -0.4 is 5.32 Å². The van der Waals surface area contributed by atoms with Gasteiger partial charge in [0, 0.05) is 18.6 Å². The Morgan fingerprint density at radius 1 is 1.23 bits per heavy atom. The molecule has 0 spiro atoms. The van der Waals surface area contributed by atoms with Gasteiger partial charge in [-0.3, -0.25) is 19.7 Å². The molecule has 0 saturated heterocycles. The van der Waals surface area contributed by atoms with Crippen LogP contribution in [0.25, 0.3) is 0 Å². The Kier molecular flexibility index (Phi) is 6.42. The van der Waals surface area contributed by atoms with Crippen molar-refractivity contribution in [3.8, 4) is 0 Å². The van der Waals surface area contributed by atoms with E-state index in [1.807, 2.05) is 0 Å². The zero-order chi connectivity index (χ0) is 16.7. The molecule has 0 fully saturated rings. The van der Waals surface area contributed by atoms with Gasteiger partial charge in [0.2, 0.25) is 5.91 Å². The molecule has 0 bridgehead atoms. The summed E-state index contributed by atoms with van der Waals surface area (Å²) in [5.41, 5.74) is 0.130. The van der Waals surface area contributed by atoms with E-state index in [4.69, 9.17) is 5.11 Å². The molecule has 0 heterocycles. The largest absolute Gasteiger partial charge is 0.481 e. The highest BCUT2D eigenvalue weighted by atomic mass is 16.6. The van der Waals surface area contributed by atoms with E-state index in [1.54, 1.807) is 0 Å². The molecule has 2 atom stereocenters. The van der Waals surface area contributed by atoms with Crippen molar-refractivity contribution in [2.24, 2.45) is 0 Å². The average Bonchev–Trinajstić information content (AvgIpc) is 2.50. The summed E-state index contributed by atoms with van der Waals surface area (Å²) in [5, 5.41) is 40.6. The summed E-state index contributed by atoms with van der Waals surface area (Å²) < 4.78 is 0. The van der Waals surface area contributed by atoms with Crippen molar-refractivity contribution in [2.75, 3.05) is 6.61 Å². The molecule has 0 aromatic heterocycles. The number of carbonyl (C=O) groups excluding carboxylic acids is 1. The molecule has 9 heteroatoms. The lowest BCUT2D eigenvalue weighted by Gasteiger charge is -2.22. The zero-order valence-corrected chi connectivity index (χ0v) is 11.5. The summed E-state index contributed by atoms with van der Waals surface area (Å²) in [4.78, 5) is 31.8. The van der Waals surface area contributed by atoms with Gasteiger partial charge in [-0.2, -0.15) is 0 Å². The number of aliphatic hydroxyl groups excluding tert-OH is 2. The molecule has 9 nitrogen and oxygen atoms in total. The summed E-state index contributed by atoms with van der Waals surface area (Å²) in [6.45, 7) is -0.572. The number of hydrogen-bond donors (Lipinski definition) is 4. The van der Waals surface area contributed by atoms with Crippen molar-refractivity contribution in [3.63, 3.8) is 0 Å². The van der Waals surface area contributed by atoms with Crippen LogP contribution >= 0.6 is 0 Å². The minimum absolute atomic E-state index is 0.151. The molecule has 0 saturated carbocycles. The van der Waals surface area contributed by atoms with E-state index in [0.29, 0.717) is 0 Å². The molecule has 0 unspecified atom stereocenters. The molecule has 0 radical (unpaired) electrons. The van der Waals surface area contributed by atoms with E-state index >= 15 is 0 Å². The summed E-state index contributed by atoms with van der Waals surface area (Å²) in [5.74, 6) is -1.76. The second kappa shape index (κ2) is 8.05. The van der Waals surface area contributed by atoms with Gasteiger partial charge in [0.15, 0.2) is 0 Å². The van der Waals surface area contributed by atoms with Crippen molar-refractivity contribution in [1.29, 1.82) is 0 Å². The fraction of sp³-hybridized carbons (Fsp3) is 0.385. The molecular formula is C13H16N2O7. The Balaban J connectivity index is 2.70. The third-order valence-electron chi connectivity index (χ3n) is 2.94. The molecule has 0 aliphatic heterocycles. The number of carbonyl (C=O) groups is 2. The summed E-state index contributed by atoms with van der Waals surface area (Å²) in [6.07, 6.45) is -1.92. The Hall–Kier alpha value is -2.52. The Morgan fingerprint density at radius 3 is 2.27 bits per heavy atom. The fourth-order valence-corrected chi connectivity index (χ4v) is 1.75. The van der Waals surface area contributed by atoms with Crippen LogP contribution in [0.15, 0.2) is 24.3 Å². The second-order valence-corrected chi connectivity index (χ2v) is 4.54. The van der Waals surface area contributed by atoms with Crippen molar-refractivity contribution in [1.82, 2.24) is 5.32 Å². The van der Waals surface area contributed by atoms with E-state index in [1.165, 1.54) is 24.3 Å². The molecule has 22 heavy (non-hydrogen) atoms. The maximum absolute atomic E-state index is 11.5. The maximum Gasteiger partial charge on any atom is 0.303 e. The van der Waals surface area contributed by atoms with Crippen LogP contribution in [0.5, 0.6) is 0 Å². The molecule has 4 N–H and O–H groups in total. The van der Waals surface area contributed by atoms with Crippen LogP contribution in [0.4, 0.5) is 5.69 Å². The quantitative estimate of drug-likeness (QED) is 0.389. The summed E-state index contributed by atoms with van der Waals surface area (Å²) >= 11 is 0. The number of nitrogens with zero attached hydrogens (tertiary/aromatic N) is 1. The maximum atomic E-state index is 11.5. The number of nitrogens with one attached hydrogen (secondary N) is 1. The van der Waals surface area contributed by atoms with Gasteiger partial charge in [-0.25, -0.2) is 0 Å². The third kappa shape index (κ3) is 5.11. The van der Waals surface area contributed by atoms with Gasteiger partial charge in [-0.15, -0.1) is 0 Å². The number of aliphatic carboxylic acids is 1. The molecule has 1 rings (SSSR count). The number of carboxylic acid groups (broad SMARTS) is 1. The highest BCUT2D eigenvalue weighted by Gasteiger charge is 2.23. The highest BCUT2D eigenvalue weighted by Crippen LogP contribution is 2.20. The van der Waals surface area contributed by atoms with E-state index in [0.717, 1.165) is 0 Å². The first-order valence-corrected chi connectivity index (χ1v) is 6.39. The molecule has 1 aromatic rings. The second-order valence-electron chi connectivity index (χ2n) is 4.54. The normalized spacial score (nSPS) is 13.2. The Morgan fingerprint density at radius 2 is 1.82 bits per heavy atom.